The Labute approximate surface area is 141 Å². The van der Waals surface area contributed by atoms with Gasteiger partial charge < -0.3 is 13.9 Å². The topological polar surface area (TPSA) is 48.7 Å². The molecular weight excluding hydrogens is 304 g/mol. The van der Waals surface area contributed by atoms with Gasteiger partial charge in [0.15, 0.2) is 0 Å². The second-order valence-corrected chi connectivity index (χ2v) is 6.20. The van der Waals surface area contributed by atoms with Crippen molar-refractivity contribution in [3.05, 3.63) is 59.9 Å². The second-order valence-electron chi connectivity index (χ2n) is 6.20. The summed E-state index contributed by atoms with van der Waals surface area (Å²) in [5, 5.41) is 0.851. The van der Waals surface area contributed by atoms with E-state index in [1.54, 1.807) is 26.0 Å². The molecule has 1 aromatic heterocycles. The second kappa shape index (κ2) is 5.71. The molecule has 1 aliphatic heterocycles. The van der Waals surface area contributed by atoms with Gasteiger partial charge in [0.1, 0.15) is 22.7 Å². The summed E-state index contributed by atoms with van der Waals surface area (Å²) in [6, 6.07) is 3.50. The monoisotopic (exact) mass is 324 g/mol. The molecule has 4 nitrogen and oxygen atoms in total. The highest BCUT2D eigenvalue weighted by atomic mass is 16.7. The molecule has 2 heterocycles. The van der Waals surface area contributed by atoms with E-state index in [4.69, 9.17) is 13.9 Å². The van der Waals surface area contributed by atoms with Crippen molar-refractivity contribution < 1.29 is 18.7 Å². The number of esters is 1. The fourth-order valence-corrected chi connectivity index (χ4v) is 2.72. The van der Waals surface area contributed by atoms with Gasteiger partial charge in [0, 0.05) is 36.4 Å². The summed E-state index contributed by atoms with van der Waals surface area (Å²) in [5.74, 6) is -0.210. The first kappa shape index (κ1) is 16.1. The minimum atomic E-state index is -0.985. The van der Waals surface area contributed by atoms with Crippen LogP contribution in [0.3, 0.4) is 0 Å². The lowest BCUT2D eigenvalue weighted by atomic mass is 10.0. The van der Waals surface area contributed by atoms with Crippen molar-refractivity contribution in [3.63, 3.8) is 0 Å². The van der Waals surface area contributed by atoms with Gasteiger partial charge in [-0.15, -0.1) is 0 Å². The molecule has 4 heteroatoms. The maximum Gasteiger partial charge on any atom is 0.345 e. The third-order valence-electron chi connectivity index (χ3n) is 3.85. The number of hydrogen-bond donors (Lipinski definition) is 0. The largest absolute Gasteiger partial charge is 0.456 e. The number of hydrogen-bond acceptors (Lipinski definition) is 4. The van der Waals surface area contributed by atoms with Crippen molar-refractivity contribution in [2.24, 2.45) is 0 Å². The van der Waals surface area contributed by atoms with Crippen LogP contribution in [0.25, 0.3) is 16.5 Å². The fourth-order valence-electron chi connectivity index (χ4n) is 2.72. The van der Waals surface area contributed by atoms with Crippen molar-refractivity contribution in [3.8, 4) is 5.75 Å². The van der Waals surface area contributed by atoms with Crippen molar-refractivity contribution >= 4 is 22.5 Å². The number of cyclic esters (lactones) is 1. The summed E-state index contributed by atoms with van der Waals surface area (Å²) in [5.41, 5.74) is 2.77. The Hall–Kier alpha value is -2.75. The number of fused-ring (bicyclic) bond motifs is 2. The van der Waals surface area contributed by atoms with Crippen LogP contribution in [0.2, 0.25) is 0 Å². The molecule has 0 unspecified atom stereocenters. The molecule has 1 aliphatic rings. The molecule has 124 valence electrons. The predicted molar refractivity (Wildman–Crippen MR) is 94.1 cm³/mol. The van der Waals surface area contributed by atoms with E-state index in [-0.39, 0.29) is 0 Å². The zero-order valence-electron chi connectivity index (χ0n) is 14.3. The molecule has 0 fully saturated rings. The fraction of sp³-hybridized carbons (Fsp3) is 0.250. The summed E-state index contributed by atoms with van der Waals surface area (Å²) in [4.78, 5) is 12.2. The number of furan rings is 1. The third kappa shape index (κ3) is 2.75. The number of ether oxygens (including phenoxy) is 2. The quantitative estimate of drug-likeness (QED) is 0.577. The SMILES string of the molecule is C=C(/C=C\C=C/C)c1oc2cc3c(cc2c1C)C(=O)OC(C)(C)O3. The van der Waals surface area contributed by atoms with Crippen molar-refractivity contribution in [1.82, 2.24) is 0 Å². The Bertz CT molecular complexity index is 894. The molecule has 3 rings (SSSR count). The van der Waals surface area contributed by atoms with E-state index >= 15 is 0 Å². The average Bonchev–Trinajstić information content (AvgIpc) is 2.81. The van der Waals surface area contributed by atoms with Crippen LogP contribution in [-0.4, -0.2) is 11.8 Å². The maximum absolute atomic E-state index is 12.2. The molecular formula is C20H20O4. The molecule has 0 radical (unpaired) electrons. The van der Waals surface area contributed by atoms with E-state index in [1.165, 1.54) is 0 Å². The van der Waals surface area contributed by atoms with Gasteiger partial charge >= 0.3 is 5.97 Å². The van der Waals surface area contributed by atoms with Crippen molar-refractivity contribution in [1.29, 1.82) is 0 Å². The Morgan fingerprint density at radius 1 is 1.21 bits per heavy atom. The smallest absolute Gasteiger partial charge is 0.345 e. The van der Waals surface area contributed by atoms with Crippen LogP contribution in [0.5, 0.6) is 5.75 Å². The Balaban J connectivity index is 2.10. The summed E-state index contributed by atoms with van der Waals surface area (Å²) in [6.07, 6.45) is 7.66. The van der Waals surface area contributed by atoms with Crippen molar-refractivity contribution in [2.45, 2.75) is 33.5 Å². The van der Waals surface area contributed by atoms with Crippen LogP contribution < -0.4 is 4.74 Å². The normalized spacial score (nSPS) is 16.4. The molecule has 0 N–H and O–H groups in total. The molecule has 0 aliphatic carbocycles. The first-order valence-electron chi connectivity index (χ1n) is 7.80. The van der Waals surface area contributed by atoms with Crippen LogP contribution in [0.1, 0.15) is 42.5 Å². The highest BCUT2D eigenvalue weighted by Gasteiger charge is 2.34. The van der Waals surface area contributed by atoms with Crippen LogP contribution in [0.4, 0.5) is 0 Å². The van der Waals surface area contributed by atoms with Gasteiger partial charge in [0.05, 0.1) is 0 Å². The predicted octanol–water partition coefficient (Wildman–Crippen LogP) is 5.17. The number of benzene rings is 1. The van der Waals surface area contributed by atoms with Gasteiger partial charge in [-0.3, -0.25) is 0 Å². The number of rotatable bonds is 3. The Kier molecular flexibility index (Phi) is 3.84. The molecule has 0 bridgehead atoms. The minimum absolute atomic E-state index is 0.392. The van der Waals surface area contributed by atoms with Crippen LogP contribution in [-0.2, 0) is 4.74 Å². The number of carbonyl (C=O) groups is 1. The van der Waals surface area contributed by atoms with Gasteiger partial charge in [0.25, 0.3) is 0 Å². The van der Waals surface area contributed by atoms with E-state index in [1.807, 2.05) is 38.2 Å². The molecule has 0 saturated carbocycles. The highest BCUT2D eigenvalue weighted by Crippen LogP contribution is 2.38. The standard InChI is InChI=1S/C20H20O4/c1-6-7-8-9-12(2)18-13(3)14-10-15-17(11-16(14)22-18)23-20(4,5)24-19(15)21/h6-11H,2H2,1,3-5H3/b7-6-,9-8-. The van der Waals surface area contributed by atoms with Gasteiger partial charge in [-0.1, -0.05) is 30.9 Å². The van der Waals surface area contributed by atoms with Crippen LogP contribution >= 0.6 is 0 Å². The zero-order valence-corrected chi connectivity index (χ0v) is 14.3. The summed E-state index contributed by atoms with van der Waals surface area (Å²) in [7, 11) is 0. The van der Waals surface area contributed by atoms with E-state index in [9.17, 15) is 4.79 Å². The number of allylic oxidation sites excluding steroid dienone is 5. The van der Waals surface area contributed by atoms with Gasteiger partial charge in [-0.2, -0.15) is 0 Å². The van der Waals surface area contributed by atoms with Gasteiger partial charge in [0.2, 0.25) is 5.79 Å². The first-order chi connectivity index (χ1) is 11.3. The summed E-state index contributed by atoms with van der Waals surface area (Å²) >= 11 is 0. The lowest BCUT2D eigenvalue weighted by molar-refractivity contribution is -0.127. The Morgan fingerprint density at radius 3 is 2.67 bits per heavy atom. The van der Waals surface area contributed by atoms with Gasteiger partial charge in [-0.05, 0) is 19.9 Å². The number of aryl methyl sites for hydroxylation is 1. The van der Waals surface area contributed by atoms with Crippen LogP contribution in [0.15, 0.2) is 47.4 Å². The minimum Gasteiger partial charge on any atom is -0.456 e. The third-order valence-corrected chi connectivity index (χ3v) is 3.85. The van der Waals surface area contributed by atoms with Crippen LogP contribution in [0, 0.1) is 6.92 Å². The van der Waals surface area contributed by atoms with Gasteiger partial charge in [-0.25, -0.2) is 4.79 Å². The first-order valence-corrected chi connectivity index (χ1v) is 7.80. The van der Waals surface area contributed by atoms with Crippen molar-refractivity contribution in [2.75, 3.05) is 0 Å². The van der Waals surface area contributed by atoms with E-state index in [0.717, 1.165) is 16.5 Å². The van der Waals surface area contributed by atoms with E-state index in [2.05, 4.69) is 6.58 Å². The molecule has 24 heavy (non-hydrogen) atoms. The lowest BCUT2D eigenvalue weighted by Gasteiger charge is -2.31. The molecule has 0 amide bonds. The van der Waals surface area contributed by atoms with E-state index < -0.39 is 11.8 Å². The highest BCUT2D eigenvalue weighted by molar-refractivity contribution is 6.00. The molecule has 0 spiro atoms. The summed E-state index contributed by atoms with van der Waals surface area (Å²) < 4.78 is 17.0. The molecule has 2 aromatic rings. The average molecular weight is 324 g/mol. The van der Waals surface area contributed by atoms with E-state index in [0.29, 0.717) is 22.7 Å². The molecule has 0 atom stereocenters. The molecule has 0 saturated heterocycles. The Morgan fingerprint density at radius 2 is 1.96 bits per heavy atom. The lowest BCUT2D eigenvalue weighted by Crippen LogP contribution is -2.38. The maximum atomic E-state index is 12.2. The zero-order chi connectivity index (χ0) is 17.5. The molecule has 1 aromatic carbocycles. The summed E-state index contributed by atoms with van der Waals surface area (Å²) in [6.45, 7) is 11.3. The number of carbonyl (C=O) groups excluding carboxylic acids is 1.